The zero-order valence-electron chi connectivity index (χ0n) is 9.22. The summed E-state index contributed by atoms with van der Waals surface area (Å²) in [6.07, 6.45) is 0.926. The molecule has 0 bridgehead atoms. The second-order valence-electron chi connectivity index (χ2n) is 4.18. The first-order valence-corrected chi connectivity index (χ1v) is 5.38. The Morgan fingerprint density at radius 2 is 2.25 bits per heavy atom. The molecule has 0 spiro atoms. The van der Waals surface area contributed by atoms with Crippen LogP contribution in [0.3, 0.4) is 0 Å². The average molecular weight is 227 g/mol. The van der Waals surface area contributed by atoms with Crippen LogP contribution in [0.25, 0.3) is 0 Å². The van der Waals surface area contributed by atoms with Crippen molar-refractivity contribution in [3.63, 3.8) is 0 Å². The lowest BCUT2D eigenvalue weighted by molar-refractivity contribution is -0.0232. The van der Waals surface area contributed by atoms with E-state index in [9.17, 15) is 8.78 Å². The Morgan fingerprint density at radius 1 is 1.44 bits per heavy atom. The number of benzene rings is 1. The Balaban J connectivity index is 2.15. The number of hydrogen-bond donors (Lipinski definition) is 1. The third-order valence-corrected chi connectivity index (χ3v) is 2.58. The zero-order valence-corrected chi connectivity index (χ0v) is 9.22. The molecular weight excluding hydrogens is 212 g/mol. The van der Waals surface area contributed by atoms with Gasteiger partial charge in [0, 0.05) is 19.0 Å². The van der Waals surface area contributed by atoms with E-state index in [1.807, 2.05) is 12.1 Å². The fraction of sp³-hybridized carbons (Fsp3) is 0.500. The van der Waals surface area contributed by atoms with Gasteiger partial charge in [-0.2, -0.15) is 0 Å². The molecule has 0 aromatic heterocycles. The number of halogens is 2. The van der Waals surface area contributed by atoms with Crippen molar-refractivity contribution in [1.29, 1.82) is 0 Å². The van der Waals surface area contributed by atoms with Gasteiger partial charge in [-0.05, 0) is 24.6 Å². The van der Waals surface area contributed by atoms with E-state index in [1.165, 1.54) is 5.56 Å². The van der Waals surface area contributed by atoms with Crippen LogP contribution in [-0.2, 0) is 13.0 Å². The Hall–Kier alpha value is -1.16. The summed E-state index contributed by atoms with van der Waals surface area (Å²) in [7, 11) is 0. The Labute approximate surface area is 93.6 Å². The molecule has 16 heavy (non-hydrogen) atoms. The number of alkyl halides is 2. The molecule has 0 aliphatic carbocycles. The molecule has 1 aromatic carbocycles. The summed E-state index contributed by atoms with van der Waals surface area (Å²) in [5, 5.41) is 3.21. The van der Waals surface area contributed by atoms with E-state index in [4.69, 9.17) is 4.74 Å². The van der Waals surface area contributed by atoms with Crippen LogP contribution in [0.15, 0.2) is 18.2 Å². The molecule has 88 valence electrons. The second kappa shape index (κ2) is 4.37. The molecule has 0 fully saturated rings. The van der Waals surface area contributed by atoms with Gasteiger partial charge in [-0.15, -0.1) is 0 Å². The van der Waals surface area contributed by atoms with Crippen LogP contribution in [-0.4, -0.2) is 19.1 Å². The van der Waals surface area contributed by atoms with E-state index in [-0.39, 0.29) is 0 Å². The first kappa shape index (κ1) is 11.3. The molecule has 1 N–H and O–H groups in total. The number of hydrogen-bond acceptors (Lipinski definition) is 2. The van der Waals surface area contributed by atoms with E-state index in [0.717, 1.165) is 25.5 Å². The van der Waals surface area contributed by atoms with Gasteiger partial charge in [-0.3, -0.25) is 0 Å². The quantitative estimate of drug-likeness (QED) is 0.856. The highest BCUT2D eigenvalue weighted by atomic mass is 19.3. The van der Waals surface area contributed by atoms with Crippen molar-refractivity contribution < 1.29 is 13.5 Å². The van der Waals surface area contributed by atoms with Crippen LogP contribution < -0.4 is 10.1 Å². The maximum atomic E-state index is 12.7. The molecule has 0 saturated heterocycles. The fourth-order valence-corrected chi connectivity index (χ4v) is 1.82. The largest absolute Gasteiger partial charge is 0.487 e. The smallest absolute Gasteiger partial charge is 0.278 e. The van der Waals surface area contributed by atoms with Crippen molar-refractivity contribution in [1.82, 2.24) is 5.32 Å². The van der Waals surface area contributed by atoms with Gasteiger partial charge in [0.15, 0.2) is 6.61 Å². The number of nitrogens with one attached hydrogen (secondary N) is 1. The molecule has 2 rings (SSSR count). The molecule has 0 unspecified atom stereocenters. The Morgan fingerprint density at radius 3 is 3.00 bits per heavy atom. The van der Waals surface area contributed by atoms with Gasteiger partial charge in [-0.1, -0.05) is 12.1 Å². The van der Waals surface area contributed by atoms with Crippen LogP contribution >= 0.6 is 0 Å². The summed E-state index contributed by atoms with van der Waals surface area (Å²) in [4.78, 5) is 0. The molecule has 0 radical (unpaired) electrons. The van der Waals surface area contributed by atoms with E-state index in [1.54, 1.807) is 6.07 Å². The molecule has 2 nitrogen and oxygen atoms in total. The highest BCUT2D eigenvalue weighted by Crippen LogP contribution is 2.26. The molecular formula is C12H15F2NO. The highest BCUT2D eigenvalue weighted by Gasteiger charge is 2.23. The van der Waals surface area contributed by atoms with Gasteiger partial charge in [-0.25, -0.2) is 8.78 Å². The maximum absolute atomic E-state index is 12.7. The SMILES string of the molecule is CC(F)(F)COc1cccc2c1CNCC2. The highest BCUT2D eigenvalue weighted by molar-refractivity contribution is 5.41. The summed E-state index contributed by atoms with van der Waals surface area (Å²) >= 11 is 0. The van der Waals surface area contributed by atoms with Crippen molar-refractivity contribution >= 4 is 0 Å². The van der Waals surface area contributed by atoms with E-state index in [0.29, 0.717) is 12.3 Å². The van der Waals surface area contributed by atoms with Crippen LogP contribution in [0, 0.1) is 0 Å². The van der Waals surface area contributed by atoms with E-state index < -0.39 is 12.5 Å². The Kier molecular flexibility index (Phi) is 3.10. The lowest BCUT2D eigenvalue weighted by Gasteiger charge is -2.21. The average Bonchev–Trinajstić information content (AvgIpc) is 2.25. The van der Waals surface area contributed by atoms with Crippen LogP contribution in [0.4, 0.5) is 8.78 Å². The minimum atomic E-state index is -2.79. The second-order valence-corrected chi connectivity index (χ2v) is 4.18. The van der Waals surface area contributed by atoms with Gasteiger partial charge in [0.2, 0.25) is 0 Å². The van der Waals surface area contributed by atoms with Gasteiger partial charge in [0.05, 0.1) is 0 Å². The molecule has 1 aliphatic heterocycles. The first-order valence-electron chi connectivity index (χ1n) is 5.38. The standard InChI is InChI=1S/C12H15F2NO/c1-12(13,14)8-16-11-4-2-3-9-5-6-15-7-10(9)11/h2-4,15H,5-8H2,1H3. The van der Waals surface area contributed by atoms with E-state index >= 15 is 0 Å². The minimum absolute atomic E-state index is 0.566. The summed E-state index contributed by atoms with van der Waals surface area (Å²) in [6.45, 7) is 1.92. The molecule has 1 aromatic rings. The van der Waals surface area contributed by atoms with Gasteiger partial charge in [0.1, 0.15) is 5.75 Å². The van der Waals surface area contributed by atoms with Crippen molar-refractivity contribution in [2.45, 2.75) is 25.8 Å². The fourth-order valence-electron chi connectivity index (χ4n) is 1.82. The van der Waals surface area contributed by atoms with Crippen LogP contribution in [0.2, 0.25) is 0 Å². The topological polar surface area (TPSA) is 21.3 Å². The van der Waals surface area contributed by atoms with Gasteiger partial charge in [0.25, 0.3) is 5.92 Å². The normalized spacial score (nSPS) is 15.7. The number of rotatable bonds is 3. The van der Waals surface area contributed by atoms with Crippen molar-refractivity contribution in [2.75, 3.05) is 13.2 Å². The monoisotopic (exact) mass is 227 g/mol. The summed E-state index contributed by atoms with van der Waals surface area (Å²) in [5.74, 6) is -2.21. The number of ether oxygens (including phenoxy) is 1. The number of fused-ring (bicyclic) bond motifs is 1. The molecule has 0 amide bonds. The van der Waals surface area contributed by atoms with Crippen molar-refractivity contribution in [3.05, 3.63) is 29.3 Å². The van der Waals surface area contributed by atoms with Crippen molar-refractivity contribution in [2.24, 2.45) is 0 Å². The zero-order chi connectivity index (χ0) is 11.6. The third-order valence-electron chi connectivity index (χ3n) is 2.58. The molecule has 0 atom stereocenters. The lowest BCUT2D eigenvalue weighted by Crippen LogP contribution is -2.26. The minimum Gasteiger partial charge on any atom is -0.487 e. The third kappa shape index (κ3) is 2.70. The first-order chi connectivity index (χ1) is 7.56. The summed E-state index contributed by atoms with van der Waals surface area (Å²) in [5.41, 5.74) is 2.20. The molecule has 4 heteroatoms. The Bertz CT molecular complexity index is 374. The predicted molar refractivity (Wildman–Crippen MR) is 58.0 cm³/mol. The molecule has 1 aliphatic rings. The van der Waals surface area contributed by atoms with E-state index in [2.05, 4.69) is 5.32 Å². The van der Waals surface area contributed by atoms with Crippen LogP contribution in [0.5, 0.6) is 5.75 Å². The van der Waals surface area contributed by atoms with Crippen molar-refractivity contribution in [3.8, 4) is 5.75 Å². The predicted octanol–water partition coefficient (Wildman–Crippen LogP) is 2.37. The summed E-state index contributed by atoms with van der Waals surface area (Å²) < 4.78 is 30.6. The van der Waals surface area contributed by atoms with Gasteiger partial charge >= 0.3 is 0 Å². The lowest BCUT2D eigenvalue weighted by atomic mass is 10.0. The summed E-state index contributed by atoms with van der Waals surface area (Å²) in [6, 6.07) is 5.62. The molecule has 0 saturated carbocycles. The molecule has 1 heterocycles. The van der Waals surface area contributed by atoms with Crippen LogP contribution in [0.1, 0.15) is 18.1 Å². The van der Waals surface area contributed by atoms with Gasteiger partial charge < -0.3 is 10.1 Å². The maximum Gasteiger partial charge on any atom is 0.278 e.